The second kappa shape index (κ2) is 7.79. The van der Waals surface area contributed by atoms with Gasteiger partial charge in [-0.15, -0.1) is 0 Å². The number of aromatic nitrogens is 6. The van der Waals surface area contributed by atoms with Gasteiger partial charge in [-0.3, -0.25) is 19.5 Å². The molecular weight excluding hydrogens is 378 g/mol. The first-order valence-corrected chi connectivity index (χ1v) is 10.0. The molecule has 0 unspecified atom stereocenters. The van der Waals surface area contributed by atoms with Crippen LogP contribution in [0.25, 0.3) is 11.4 Å². The van der Waals surface area contributed by atoms with Gasteiger partial charge in [-0.05, 0) is 36.8 Å². The predicted molar refractivity (Wildman–Crippen MR) is 110 cm³/mol. The SMILES string of the molecule is Cc1cc(CN2C[C@@H](c3cccnc3)[C@H](c3nc(-c4ccncc4)no3)C2)n(C)n1. The van der Waals surface area contributed by atoms with Crippen LogP contribution >= 0.6 is 0 Å². The Kier molecular flexibility index (Phi) is 4.84. The summed E-state index contributed by atoms with van der Waals surface area (Å²) in [5.41, 5.74) is 4.32. The highest BCUT2D eigenvalue weighted by molar-refractivity contribution is 5.52. The summed E-state index contributed by atoms with van der Waals surface area (Å²) in [5.74, 6) is 1.60. The first-order valence-electron chi connectivity index (χ1n) is 10.0. The van der Waals surface area contributed by atoms with Crippen molar-refractivity contribution in [3.63, 3.8) is 0 Å². The van der Waals surface area contributed by atoms with Crippen molar-refractivity contribution in [3.8, 4) is 11.4 Å². The maximum absolute atomic E-state index is 5.73. The molecule has 1 aliphatic heterocycles. The van der Waals surface area contributed by atoms with Crippen LogP contribution in [-0.2, 0) is 13.6 Å². The lowest BCUT2D eigenvalue weighted by Gasteiger charge is -2.16. The van der Waals surface area contributed by atoms with Crippen molar-refractivity contribution in [1.82, 2.24) is 34.8 Å². The molecule has 4 aromatic rings. The minimum Gasteiger partial charge on any atom is -0.339 e. The van der Waals surface area contributed by atoms with E-state index in [9.17, 15) is 0 Å². The molecule has 0 aliphatic carbocycles. The minimum atomic E-state index is 0.103. The molecule has 0 amide bonds. The molecule has 1 fully saturated rings. The van der Waals surface area contributed by atoms with E-state index in [4.69, 9.17) is 9.51 Å². The molecule has 30 heavy (non-hydrogen) atoms. The van der Waals surface area contributed by atoms with Crippen LogP contribution in [0.2, 0.25) is 0 Å². The Morgan fingerprint density at radius 3 is 2.63 bits per heavy atom. The first-order chi connectivity index (χ1) is 14.7. The van der Waals surface area contributed by atoms with E-state index in [1.165, 1.54) is 11.3 Å². The summed E-state index contributed by atoms with van der Waals surface area (Å²) < 4.78 is 7.69. The number of hydrogen-bond acceptors (Lipinski definition) is 7. The fraction of sp³-hybridized carbons (Fsp3) is 0.318. The van der Waals surface area contributed by atoms with Crippen LogP contribution in [0, 0.1) is 6.92 Å². The molecule has 5 heterocycles. The third-order valence-electron chi connectivity index (χ3n) is 5.69. The Labute approximate surface area is 174 Å². The molecule has 8 heteroatoms. The summed E-state index contributed by atoms with van der Waals surface area (Å²) >= 11 is 0. The third kappa shape index (κ3) is 3.61. The van der Waals surface area contributed by atoms with Crippen LogP contribution in [-0.4, -0.2) is 47.9 Å². The van der Waals surface area contributed by atoms with Crippen molar-refractivity contribution >= 4 is 0 Å². The average Bonchev–Trinajstić information content (AvgIpc) is 3.48. The van der Waals surface area contributed by atoms with Crippen molar-refractivity contribution in [3.05, 3.63) is 78.0 Å². The van der Waals surface area contributed by atoms with E-state index in [1.54, 1.807) is 18.6 Å². The molecule has 152 valence electrons. The monoisotopic (exact) mass is 401 g/mol. The first kappa shape index (κ1) is 18.6. The second-order valence-electron chi connectivity index (χ2n) is 7.79. The van der Waals surface area contributed by atoms with Crippen LogP contribution in [0.3, 0.4) is 0 Å². The van der Waals surface area contributed by atoms with Crippen molar-refractivity contribution in [2.45, 2.75) is 25.3 Å². The smallest absolute Gasteiger partial charge is 0.232 e. The van der Waals surface area contributed by atoms with E-state index in [0.29, 0.717) is 11.7 Å². The predicted octanol–water partition coefficient (Wildman–Crippen LogP) is 2.95. The molecule has 0 saturated carbocycles. The van der Waals surface area contributed by atoms with Gasteiger partial charge in [-0.25, -0.2) is 0 Å². The Morgan fingerprint density at radius 1 is 1.07 bits per heavy atom. The average molecular weight is 401 g/mol. The van der Waals surface area contributed by atoms with E-state index in [1.807, 2.05) is 43.0 Å². The maximum Gasteiger partial charge on any atom is 0.232 e. The van der Waals surface area contributed by atoms with E-state index in [-0.39, 0.29) is 11.8 Å². The fourth-order valence-electron chi connectivity index (χ4n) is 4.24. The van der Waals surface area contributed by atoms with Crippen molar-refractivity contribution < 1.29 is 4.52 Å². The van der Waals surface area contributed by atoms with Gasteiger partial charge in [0.1, 0.15) is 0 Å². The molecular formula is C22H23N7O. The van der Waals surface area contributed by atoms with Gasteiger partial charge in [-0.2, -0.15) is 10.1 Å². The Hall–Kier alpha value is -3.39. The lowest BCUT2D eigenvalue weighted by molar-refractivity contribution is 0.302. The molecule has 5 rings (SSSR count). The molecule has 0 radical (unpaired) electrons. The number of aryl methyl sites for hydroxylation is 2. The molecule has 0 bridgehead atoms. The fourth-order valence-corrected chi connectivity index (χ4v) is 4.24. The highest BCUT2D eigenvalue weighted by Crippen LogP contribution is 2.39. The van der Waals surface area contributed by atoms with Crippen LogP contribution in [0.15, 0.2) is 59.6 Å². The van der Waals surface area contributed by atoms with Gasteiger partial charge in [0.25, 0.3) is 0 Å². The third-order valence-corrected chi connectivity index (χ3v) is 5.69. The van der Waals surface area contributed by atoms with Crippen molar-refractivity contribution in [1.29, 1.82) is 0 Å². The van der Waals surface area contributed by atoms with Gasteiger partial charge in [0.2, 0.25) is 11.7 Å². The summed E-state index contributed by atoms with van der Waals surface area (Å²) in [6.07, 6.45) is 7.21. The second-order valence-corrected chi connectivity index (χ2v) is 7.79. The van der Waals surface area contributed by atoms with Gasteiger partial charge in [0.15, 0.2) is 0 Å². The van der Waals surface area contributed by atoms with Gasteiger partial charge in [0, 0.05) is 63.0 Å². The molecule has 0 aromatic carbocycles. The number of rotatable bonds is 5. The van der Waals surface area contributed by atoms with Gasteiger partial charge < -0.3 is 4.52 Å². The summed E-state index contributed by atoms with van der Waals surface area (Å²) in [7, 11) is 1.99. The summed E-state index contributed by atoms with van der Waals surface area (Å²) in [5, 5.41) is 8.70. The summed E-state index contributed by atoms with van der Waals surface area (Å²) in [6, 6.07) is 10.0. The van der Waals surface area contributed by atoms with Crippen LogP contribution in [0.4, 0.5) is 0 Å². The van der Waals surface area contributed by atoms with Gasteiger partial charge in [0.05, 0.1) is 17.3 Å². The maximum atomic E-state index is 5.73. The number of nitrogens with zero attached hydrogens (tertiary/aromatic N) is 7. The Morgan fingerprint density at radius 2 is 1.90 bits per heavy atom. The van der Waals surface area contributed by atoms with Crippen molar-refractivity contribution in [2.24, 2.45) is 7.05 Å². The highest BCUT2D eigenvalue weighted by atomic mass is 16.5. The lowest BCUT2D eigenvalue weighted by Crippen LogP contribution is -2.21. The molecule has 4 aromatic heterocycles. The zero-order valence-corrected chi connectivity index (χ0v) is 17.0. The molecule has 0 N–H and O–H groups in total. The van der Waals surface area contributed by atoms with E-state index >= 15 is 0 Å². The van der Waals surface area contributed by atoms with E-state index < -0.39 is 0 Å². The number of pyridine rings is 2. The Bertz CT molecular complexity index is 1120. The molecule has 1 aliphatic rings. The summed E-state index contributed by atoms with van der Waals surface area (Å²) in [6.45, 7) is 4.58. The zero-order valence-electron chi connectivity index (χ0n) is 17.0. The molecule has 8 nitrogen and oxygen atoms in total. The van der Waals surface area contributed by atoms with Crippen LogP contribution in [0.1, 0.15) is 34.7 Å². The zero-order chi connectivity index (χ0) is 20.5. The number of hydrogen-bond donors (Lipinski definition) is 0. The van der Waals surface area contributed by atoms with Gasteiger partial charge in [-0.1, -0.05) is 11.2 Å². The van der Waals surface area contributed by atoms with E-state index in [0.717, 1.165) is 30.9 Å². The largest absolute Gasteiger partial charge is 0.339 e. The minimum absolute atomic E-state index is 0.103. The lowest BCUT2D eigenvalue weighted by atomic mass is 9.90. The number of likely N-dealkylation sites (tertiary alicyclic amines) is 1. The highest BCUT2D eigenvalue weighted by Gasteiger charge is 2.38. The van der Waals surface area contributed by atoms with Gasteiger partial charge >= 0.3 is 0 Å². The Balaban J connectivity index is 1.44. The van der Waals surface area contributed by atoms with Crippen LogP contribution < -0.4 is 0 Å². The normalized spacial score (nSPS) is 19.4. The molecule has 2 atom stereocenters. The van der Waals surface area contributed by atoms with Crippen LogP contribution in [0.5, 0.6) is 0 Å². The summed E-state index contributed by atoms with van der Waals surface area (Å²) in [4.78, 5) is 15.5. The quantitative estimate of drug-likeness (QED) is 0.508. The molecule has 1 saturated heterocycles. The standard InChI is InChI=1S/C22H23N7O/c1-15-10-18(28(2)26-15)12-29-13-19(17-4-3-7-24-11-17)20(14-29)22-25-21(27-30-22)16-5-8-23-9-6-16/h3-11,19-20H,12-14H2,1-2H3/t19-,20+/m0/s1. The molecule has 0 spiro atoms. The van der Waals surface area contributed by atoms with Crippen molar-refractivity contribution in [2.75, 3.05) is 13.1 Å². The topological polar surface area (TPSA) is 85.8 Å². The van der Waals surface area contributed by atoms with E-state index in [2.05, 4.69) is 37.3 Å².